The van der Waals surface area contributed by atoms with Gasteiger partial charge in [0.2, 0.25) is 0 Å². The number of nitrogens with zero attached hydrogens (tertiary/aromatic N) is 2. The van der Waals surface area contributed by atoms with Crippen LogP contribution in [0.25, 0.3) is 0 Å². The Labute approximate surface area is 97.8 Å². The molecule has 1 aliphatic rings. The lowest BCUT2D eigenvalue weighted by molar-refractivity contribution is -0.0251. The van der Waals surface area contributed by atoms with Crippen molar-refractivity contribution in [3.63, 3.8) is 0 Å². The normalized spacial score (nSPS) is 19.8. The van der Waals surface area contributed by atoms with Crippen molar-refractivity contribution >= 4 is 0 Å². The molecule has 1 aromatic carbocycles. The zero-order valence-electron chi connectivity index (χ0n) is 10.2. The lowest BCUT2D eigenvalue weighted by Crippen LogP contribution is -2.71. The second-order valence-corrected chi connectivity index (χ2v) is 4.94. The molecule has 3 heteroatoms. The number of benzene rings is 1. The van der Waals surface area contributed by atoms with Crippen LogP contribution < -0.4 is 5.73 Å². The Morgan fingerprint density at radius 2 is 1.94 bits per heavy atom. The van der Waals surface area contributed by atoms with Gasteiger partial charge in [-0.3, -0.25) is 4.90 Å². The highest BCUT2D eigenvalue weighted by molar-refractivity contribution is 5.16. The Morgan fingerprint density at radius 1 is 1.31 bits per heavy atom. The summed E-state index contributed by atoms with van der Waals surface area (Å²) in [4.78, 5) is 4.71. The van der Waals surface area contributed by atoms with Crippen LogP contribution in [-0.4, -0.2) is 49.1 Å². The van der Waals surface area contributed by atoms with Gasteiger partial charge in [-0.2, -0.15) is 0 Å². The van der Waals surface area contributed by atoms with Gasteiger partial charge in [0.1, 0.15) is 0 Å². The topological polar surface area (TPSA) is 32.5 Å². The first-order valence-electron chi connectivity index (χ1n) is 5.80. The molecule has 1 heterocycles. The Morgan fingerprint density at radius 3 is 2.44 bits per heavy atom. The van der Waals surface area contributed by atoms with Crippen LogP contribution in [0.3, 0.4) is 0 Å². The molecule has 0 radical (unpaired) electrons. The Balaban J connectivity index is 2.00. The van der Waals surface area contributed by atoms with Gasteiger partial charge >= 0.3 is 0 Å². The van der Waals surface area contributed by atoms with Crippen LogP contribution in [-0.2, 0) is 6.54 Å². The summed E-state index contributed by atoms with van der Waals surface area (Å²) in [6, 6.07) is 10.6. The molecule has 88 valence electrons. The van der Waals surface area contributed by atoms with E-state index in [1.807, 2.05) is 0 Å². The molecule has 0 aliphatic carbocycles. The van der Waals surface area contributed by atoms with Crippen molar-refractivity contribution in [3.8, 4) is 0 Å². The summed E-state index contributed by atoms with van der Waals surface area (Å²) in [5, 5.41) is 0. The molecule has 0 aromatic heterocycles. The first kappa shape index (κ1) is 11.6. The van der Waals surface area contributed by atoms with E-state index in [1.165, 1.54) is 5.56 Å². The third-order valence-electron chi connectivity index (χ3n) is 3.58. The van der Waals surface area contributed by atoms with E-state index in [9.17, 15) is 0 Å². The van der Waals surface area contributed by atoms with Crippen molar-refractivity contribution in [2.45, 2.75) is 12.1 Å². The van der Waals surface area contributed by atoms with E-state index in [-0.39, 0.29) is 5.54 Å². The minimum absolute atomic E-state index is 0.185. The van der Waals surface area contributed by atoms with Gasteiger partial charge in [0.15, 0.2) is 0 Å². The molecule has 0 atom stereocenters. The molecule has 2 N–H and O–H groups in total. The summed E-state index contributed by atoms with van der Waals surface area (Å²) in [5.41, 5.74) is 7.46. The average molecular weight is 219 g/mol. The van der Waals surface area contributed by atoms with Crippen molar-refractivity contribution in [3.05, 3.63) is 35.9 Å². The minimum atomic E-state index is 0.185. The molecule has 2 rings (SSSR count). The maximum atomic E-state index is 5.92. The van der Waals surface area contributed by atoms with E-state index in [0.717, 1.165) is 26.2 Å². The molecule has 16 heavy (non-hydrogen) atoms. The predicted molar refractivity (Wildman–Crippen MR) is 67.2 cm³/mol. The molecule has 0 amide bonds. The van der Waals surface area contributed by atoms with Crippen molar-refractivity contribution in [1.29, 1.82) is 0 Å². The van der Waals surface area contributed by atoms with E-state index >= 15 is 0 Å². The number of likely N-dealkylation sites (N-methyl/N-ethyl adjacent to an activating group) is 2. The van der Waals surface area contributed by atoms with E-state index in [2.05, 4.69) is 54.2 Å². The summed E-state index contributed by atoms with van der Waals surface area (Å²) in [7, 11) is 4.32. The highest BCUT2D eigenvalue weighted by Crippen LogP contribution is 2.25. The average Bonchev–Trinajstić information content (AvgIpc) is 2.25. The molecule has 0 spiro atoms. The fourth-order valence-electron chi connectivity index (χ4n) is 2.51. The third-order valence-corrected chi connectivity index (χ3v) is 3.58. The fourth-order valence-corrected chi connectivity index (χ4v) is 2.51. The fraction of sp³-hybridized carbons (Fsp3) is 0.538. The number of hydrogen-bond acceptors (Lipinski definition) is 3. The maximum Gasteiger partial charge on any atom is 0.0586 e. The lowest BCUT2D eigenvalue weighted by Gasteiger charge is -2.53. The first-order chi connectivity index (χ1) is 7.66. The van der Waals surface area contributed by atoms with Gasteiger partial charge < -0.3 is 10.6 Å². The standard InChI is InChI=1S/C13H21N3/c1-15-10-13(9-14,11-15)16(2)8-12-6-4-3-5-7-12/h3-7H,8-11,14H2,1-2H3. The van der Waals surface area contributed by atoms with E-state index in [1.54, 1.807) is 0 Å². The highest BCUT2D eigenvalue weighted by atomic mass is 15.3. The number of likely N-dealkylation sites (tertiary alicyclic amines) is 1. The Bertz CT molecular complexity index is 330. The molecule has 1 saturated heterocycles. The van der Waals surface area contributed by atoms with Gasteiger partial charge in [0.05, 0.1) is 5.54 Å². The summed E-state index contributed by atoms with van der Waals surface area (Å²) < 4.78 is 0. The van der Waals surface area contributed by atoms with Crippen LogP contribution >= 0.6 is 0 Å². The second-order valence-electron chi connectivity index (χ2n) is 4.94. The Hall–Kier alpha value is -0.900. The second kappa shape index (κ2) is 4.53. The molecule has 3 nitrogen and oxygen atoms in total. The minimum Gasteiger partial charge on any atom is -0.329 e. The van der Waals surface area contributed by atoms with Crippen LogP contribution in [0.5, 0.6) is 0 Å². The van der Waals surface area contributed by atoms with Crippen LogP contribution in [0.4, 0.5) is 0 Å². The molecule has 0 saturated carbocycles. The summed E-state index contributed by atoms with van der Waals surface area (Å²) >= 11 is 0. The SMILES string of the molecule is CN1CC(CN)(N(C)Cc2ccccc2)C1. The van der Waals surface area contributed by atoms with Gasteiger partial charge in [-0.25, -0.2) is 0 Å². The summed E-state index contributed by atoms with van der Waals surface area (Å²) in [5.74, 6) is 0. The molecule has 1 fully saturated rings. The quantitative estimate of drug-likeness (QED) is 0.811. The number of hydrogen-bond donors (Lipinski definition) is 1. The van der Waals surface area contributed by atoms with Crippen LogP contribution in [0.15, 0.2) is 30.3 Å². The predicted octanol–water partition coefficient (Wildman–Crippen LogP) is 0.761. The van der Waals surface area contributed by atoms with Gasteiger partial charge in [-0.05, 0) is 19.7 Å². The van der Waals surface area contributed by atoms with Crippen LogP contribution in [0, 0.1) is 0 Å². The number of rotatable bonds is 4. The van der Waals surface area contributed by atoms with Crippen molar-refractivity contribution in [1.82, 2.24) is 9.80 Å². The van der Waals surface area contributed by atoms with Crippen LogP contribution in [0.1, 0.15) is 5.56 Å². The molecule has 0 bridgehead atoms. The zero-order chi connectivity index (χ0) is 11.6. The summed E-state index contributed by atoms with van der Waals surface area (Å²) in [6.07, 6.45) is 0. The van der Waals surface area contributed by atoms with Crippen molar-refractivity contribution in [2.24, 2.45) is 5.73 Å². The zero-order valence-corrected chi connectivity index (χ0v) is 10.2. The van der Waals surface area contributed by atoms with E-state index in [4.69, 9.17) is 5.73 Å². The molecule has 1 aliphatic heterocycles. The monoisotopic (exact) mass is 219 g/mol. The van der Waals surface area contributed by atoms with E-state index < -0.39 is 0 Å². The summed E-state index contributed by atoms with van der Waals surface area (Å²) in [6.45, 7) is 3.87. The maximum absolute atomic E-state index is 5.92. The lowest BCUT2D eigenvalue weighted by atomic mass is 9.88. The smallest absolute Gasteiger partial charge is 0.0586 e. The third kappa shape index (κ3) is 2.12. The largest absolute Gasteiger partial charge is 0.329 e. The molecule has 1 aromatic rings. The molecule has 0 unspecified atom stereocenters. The molecular formula is C13H21N3. The first-order valence-corrected chi connectivity index (χ1v) is 5.80. The molecular weight excluding hydrogens is 198 g/mol. The van der Waals surface area contributed by atoms with Gasteiger partial charge in [-0.1, -0.05) is 30.3 Å². The van der Waals surface area contributed by atoms with Crippen molar-refractivity contribution < 1.29 is 0 Å². The van der Waals surface area contributed by atoms with Gasteiger partial charge in [-0.15, -0.1) is 0 Å². The van der Waals surface area contributed by atoms with Gasteiger partial charge in [0.25, 0.3) is 0 Å². The Kier molecular flexibility index (Phi) is 3.28. The van der Waals surface area contributed by atoms with Crippen LogP contribution in [0.2, 0.25) is 0 Å². The van der Waals surface area contributed by atoms with Gasteiger partial charge in [0, 0.05) is 26.2 Å². The highest BCUT2D eigenvalue weighted by Gasteiger charge is 2.43. The van der Waals surface area contributed by atoms with E-state index in [0.29, 0.717) is 0 Å². The van der Waals surface area contributed by atoms with Crippen molar-refractivity contribution in [2.75, 3.05) is 33.7 Å². The number of nitrogens with two attached hydrogens (primary N) is 1.